The van der Waals surface area contributed by atoms with Gasteiger partial charge in [-0.25, -0.2) is 9.59 Å². The summed E-state index contributed by atoms with van der Waals surface area (Å²) >= 11 is 1.42. The van der Waals surface area contributed by atoms with Crippen molar-refractivity contribution in [1.29, 1.82) is 0 Å². The van der Waals surface area contributed by atoms with E-state index in [1.807, 2.05) is 0 Å². The summed E-state index contributed by atoms with van der Waals surface area (Å²) in [5.41, 5.74) is 0. The van der Waals surface area contributed by atoms with Crippen LogP contribution in [0.4, 0.5) is 4.79 Å². The first-order chi connectivity index (χ1) is 6.52. The second kappa shape index (κ2) is 4.54. The van der Waals surface area contributed by atoms with E-state index in [1.165, 1.54) is 16.7 Å². The average Bonchev–Trinajstić information content (AvgIpc) is 2.49. The highest BCUT2D eigenvalue weighted by atomic mass is 32.2. The van der Waals surface area contributed by atoms with Gasteiger partial charge in [0.1, 0.15) is 6.04 Å². The lowest BCUT2D eigenvalue weighted by atomic mass is 10.3. The number of amides is 1. The molecular weight excluding hydrogens is 206 g/mol. The second-order valence-electron chi connectivity index (χ2n) is 3.26. The van der Waals surface area contributed by atoms with Crippen LogP contribution < -0.4 is 0 Å². The Labute approximate surface area is 86.4 Å². The fourth-order valence-electron chi connectivity index (χ4n) is 1.10. The van der Waals surface area contributed by atoms with Crippen LogP contribution in [0.2, 0.25) is 0 Å². The van der Waals surface area contributed by atoms with Crippen molar-refractivity contribution in [2.75, 3.05) is 11.6 Å². The summed E-state index contributed by atoms with van der Waals surface area (Å²) in [5.74, 6) is -0.152. The number of ether oxygens (including phenoxy) is 1. The highest BCUT2D eigenvalue weighted by Crippen LogP contribution is 2.22. The van der Waals surface area contributed by atoms with E-state index in [4.69, 9.17) is 9.84 Å². The van der Waals surface area contributed by atoms with Crippen molar-refractivity contribution in [1.82, 2.24) is 4.90 Å². The minimum Gasteiger partial charge on any atom is -0.480 e. The molecule has 1 aliphatic rings. The predicted molar refractivity (Wildman–Crippen MR) is 52.2 cm³/mol. The van der Waals surface area contributed by atoms with Crippen molar-refractivity contribution in [3.63, 3.8) is 0 Å². The van der Waals surface area contributed by atoms with Crippen molar-refractivity contribution < 1.29 is 19.4 Å². The van der Waals surface area contributed by atoms with Gasteiger partial charge in [-0.1, -0.05) is 0 Å². The summed E-state index contributed by atoms with van der Waals surface area (Å²) in [6.45, 7) is 3.47. The molecule has 1 rings (SSSR count). The van der Waals surface area contributed by atoms with Crippen LogP contribution in [-0.4, -0.2) is 45.8 Å². The zero-order valence-electron chi connectivity index (χ0n) is 8.10. The monoisotopic (exact) mass is 219 g/mol. The molecule has 1 unspecified atom stereocenters. The number of aliphatic carboxylic acids is 1. The summed E-state index contributed by atoms with van der Waals surface area (Å²) in [6, 6.07) is -0.744. The van der Waals surface area contributed by atoms with Gasteiger partial charge in [-0.2, -0.15) is 0 Å². The van der Waals surface area contributed by atoms with E-state index in [0.29, 0.717) is 11.6 Å². The van der Waals surface area contributed by atoms with Gasteiger partial charge in [0, 0.05) is 5.75 Å². The molecule has 0 spiro atoms. The van der Waals surface area contributed by atoms with Crippen LogP contribution in [0.25, 0.3) is 0 Å². The SMILES string of the molecule is CC(C)OC(=O)N1CSCC1C(=O)O. The number of rotatable bonds is 2. The average molecular weight is 219 g/mol. The number of carboxylic acid groups (broad SMARTS) is 1. The normalized spacial score (nSPS) is 21.4. The quantitative estimate of drug-likeness (QED) is 0.750. The summed E-state index contributed by atoms with van der Waals surface area (Å²) < 4.78 is 4.92. The van der Waals surface area contributed by atoms with Crippen LogP contribution in [0.15, 0.2) is 0 Å². The topological polar surface area (TPSA) is 66.8 Å². The summed E-state index contributed by atoms with van der Waals surface area (Å²) in [6.07, 6.45) is -0.764. The Morgan fingerprint density at radius 2 is 2.21 bits per heavy atom. The molecule has 6 heteroatoms. The largest absolute Gasteiger partial charge is 0.480 e. The van der Waals surface area contributed by atoms with Crippen molar-refractivity contribution in [2.24, 2.45) is 0 Å². The van der Waals surface area contributed by atoms with Crippen molar-refractivity contribution >= 4 is 23.8 Å². The van der Waals surface area contributed by atoms with E-state index in [9.17, 15) is 9.59 Å². The lowest BCUT2D eigenvalue weighted by Crippen LogP contribution is -2.42. The fraction of sp³-hybridized carbons (Fsp3) is 0.750. The molecule has 0 aromatic carbocycles. The Morgan fingerprint density at radius 3 is 2.71 bits per heavy atom. The minimum atomic E-state index is -0.976. The predicted octanol–water partition coefficient (Wildman–Crippen LogP) is 0.991. The number of hydrogen-bond donors (Lipinski definition) is 1. The number of carbonyl (C=O) groups excluding carboxylic acids is 1. The number of nitrogens with zero attached hydrogens (tertiary/aromatic N) is 1. The van der Waals surface area contributed by atoms with Crippen LogP contribution in [0.3, 0.4) is 0 Å². The third kappa shape index (κ3) is 2.54. The first-order valence-corrected chi connectivity index (χ1v) is 5.45. The second-order valence-corrected chi connectivity index (χ2v) is 4.26. The molecule has 0 aromatic heterocycles. The third-order valence-electron chi connectivity index (χ3n) is 1.74. The van der Waals surface area contributed by atoms with Crippen LogP contribution >= 0.6 is 11.8 Å². The Balaban J connectivity index is 2.58. The van der Waals surface area contributed by atoms with Crippen LogP contribution in [0, 0.1) is 0 Å². The summed E-state index contributed by atoms with van der Waals surface area (Å²) in [4.78, 5) is 23.4. The molecule has 1 saturated heterocycles. The summed E-state index contributed by atoms with van der Waals surface area (Å²) in [5, 5.41) is 8.80. The molecule has 1 amide bonds. The van der Waals surface area contributed by atoms with Crippen molar-refractivity contribution in [3.8, 4) is 0 Å². The Hall–Kier alpha value is -0.910. The fourth-order valence-corrected chi connectivity index (χ4v) is 2.23. The molecule has 0 bridgehead atoms. The number of carbonyl (C=O) groups is 2. The molecule has 5 nitrogen and oxygen atoms in total. The number of thioether (sulfide) groups is 1. The molecule has 0 aliphatic carbocycles. The molecule has 1 heterocycles. The first kappa shape index (κ1) is 11.2. The van der Waals surface area contributed by atoms with Gasteiger partial charge >= 0.3 is 12.1 Å². The molecule has 1 aliphatic heterocycles. The molecule has 1 atom stereocenters. The molecule has 0 saturated carbocycles. The molecule has 1 fully saturated rings. The minimum absolute atomic E-state index is 0.220. The molecule has 80 valence electrons. The summed E-state index contributed by atoms with van der Waals surface area (Å²) in [7, 11) is 0. The Kier molecular flexibility index (Phi) is 3.62. The van der Waals surface area contributed by atoms with Crippen LogP contribution in [0.5, 0.6) is 0 Å². The molecule has 1 N–H and O–H groups in total. The van der Waals surface area contributed by atoms with E-state index in [-0.39, 0.29) is 6.10 Å². The van der Waals surface area contributed by atoms with E-state index in [0.717, 1.165) is 0 Å². The Bertz CT molecular complexity index is 243. The highest BCUT2D eigenvalue weighted by molar-refractivity contribution is 7.99. The molecular formula is C8H13NO4S. The van der Waals surface area contributed by atoms with Gasteiger partial charge in [0.15, 0.2) is 0 Å². The first-order valence-electron chi connectivity index (χ1n) is 4.30. The number of carboxylic acids is 1. The van der Waals surface area contributed by atoms with Gasteiger partial charge < -0.3 is 9.84 Å². The standard InChI is InChI=1S/C8H13NO4S/c1-5(2)13-8(12)9-4-14-3-6(9)7(10)11/h5-6H,3-4H2,1-2H3,(H,10,11). The lowest BCUT2D eigenvalue weighted by molar-refractivity contribution is -0.141. The van der Waals surface area contributed by atoms with Gasteiger partial charge in [0.25, 0.3) is 0 Å². The van der Waals surface area contributed by atoms with Gasteiger partial charge in [-0.05, 0) is 13.8 Å². The maximum atomic E-state index is 11.4. The van der Waals surface area contributed by atoms with Crippen LogP contribution in [-0.2, 0) is 9.53 Å². The van der Waals surface area contributed by atoms with Gasteiger partial charge in [0.2, 0.25) is 0 Å². The van der Waals surface area contributed by atoms with E-state index < -0.39 is 18.1 Å². The van der Waals surface area contributed by atoms with E-state index in [1.54, 1.807) is 13.8 Å². The van der Waals surface area contributed by atoms with E-state index in [2.05, 4.69) is 0 Å². The zero-order valence-corrected chi connectivity index (χ0v) is 8.91. The van der Waals surface area contributed by atoms with Gasteiger partial charge in [-0.15, -0.1) is 11.8 Å². The Morgan fingerprint density at radius 1 is 1.57 bits per heavy atom. The van der Waals surface area contributed by atoms with E-state index >= 15 is 0 Å². The third-order valence-corrected chi connectivity index (χ3v) is 2.75. The zero-order chi connectivity index (χ0) is 10.7. The van der Waals surface area contributed by atoms with Gasteiger partial charge in [0.05, 0.1) is 12.0 Å². The highest BCUT2D eigenvalue weighted by Gasteiger charge is 2.35. The number of hydrogen-bond acceptors (Lipinski definition) is 4. The van der Waals surface area contributed by atoms with Crippen molar-refractivity contribution in [3.05, 3.63) is 0 Å². The molecule has 0 aromatic rings. The van der Waals surface area contributed by atoms with Crippen LogP contribution in [0.1, 0.15) is 13.8 Å². The van der Waals surface area contributed by atoms with Crippen molar-refractivity contribution in [2.45, 2.75) is 26.0 Å². The van der Waals surface area contributed by atoms with Gasteiger partial charge in [-0.3, -0.25) is 4.90 Å². The maximum absolute atomic E-state index is 11.4. The smallest absolute Gasteiger partial charge is 0.411 e. The molecule has 0 radical (unpaired) electrons. The maximum Gasteiger partial charge on any atom is 0.411 e. The molecule has 14 heavy (non-hydrogen) atoms. The lowest BCUT2D eigenvalue weighted by Gasteiger charge is -2.21.